The fourth-order valence-electron chi connectivity index (χ4n) is 6.52. The first-order valence-corrected chi connectivity index (χ1v) is 15.2. The molecule has 248 valence electrons. The summed E-state index contributed by atoms with van der Waals surface area (Å²) in [6.07, 6.45) is 3.41. The summed E-state index contributed by atoms with van der Waals surface area (Å²) in [4.78, 5) is 10.4. The maximum Gasteiger partial charge on any atom is 0.123 e. The zero-order chi connectivity index (χ0) is 27.9. The van der Waals surface area contributed by atoms with Gasteiger partial charge in [-0.25, -0.2) is 4.39 Å². The van der Waals surface area contributed by atoms with Crippen molar-refractivity contribution in [2.75, 3.05) is 72.6 Å². The Hall–Kier alpha value is -1.35. The van der Waals surface area contributed by atoms with E-state index in [2.05, 4.69) is 69.8 Å². The molecule has 2 aliphatic heterocycles. The van der Waals surface area contributed by atoms with Crippen LogP contribution in [0.1, 0.15) is 43.9 Å². The van der Waals surface area contributed by atoms with E-state index in [0.29, 0.717) is 12.1 Å². The number of nitrogens with zero attached hydrogens (tertiary/aromatic N) is 4. The van der Waals surface area contributed by atoms with Gasteiger partial charge in [-0.3, -0.25) is 14.7 Å². The summed E-state index contributed by atoms with van der Waals surface area (Å²) >= 11 is 0. The van der Waals surface area contributed by atoms with E-state index in [0.717, 1.165) is 77.6 Å². The Morgan fingerprint density at radius 3 is 1.95 bits per heavy atom. The lowest BCUT2D eigenvalue weighted by molar-refractivity contribution is 0.0480. The van der Waals surface area contributed by atoms with Crippen molar-refractivity contribution in [1.29, 1.82) is 0 Å². The first-order chi connectivity index (χ1) is 19.5. The number of piperazine rings is 2. The zero-order valence-corrected chi connectivity index (χ0v) is 29.6. The van der Waals surface area contributed by atoms with Crippen LogP contribution < -0.4 is 4.74 Å². The maximum absolute atomic E-state index is 13.7. The monoisotopic (exact) mass is 690 g/mol. The first-order valence-electron chi connectivity index (χ1n) is 15.2. The van der Waals surface area contributed by atoms with E-state index in [-0.39, 0.29) is 55.4 Å². The van der Waals surface area contributed by atoms with Gasteiger partial charge in [0.15, 0.2) is 0 Å². The summed E-state index contributed by atoms with van der Waals surface area (Å²) in [5, 5.41) is 2.60. The molecule has 0 aromatic heterocycles. The summed E-state index contributed by atoms with van der Waals surface area (Å²) in [6.45, 7) is 15.5. The summed E-state index contributed by atoms with van der Waals surface area (Å²) in [5.41, 5.74) is 2.58. The molecule has 5 nitrogen and oxygen atoms in total. The first kappa shape index (κ1) is 40.7. The molecular formula is C34H51Cl4FN4O. The van der Waals surface area contributed by atoms with Gasteiger partial charge < -0.3 is 9.64 Å². The van der Waals surface area contributed by atoms with Gasteiger partial charge in [-0.1, -0.05) is 42.5 Å². The molecule has 0 amide bonds. The number of methoxy groups -OCH3 is 1. The van der Waals surface area contributed by atoms with Crippen molar-refractivity contribution >= 4 is 60.4 Å². The smallest absolute Gasteiger partial charge is 0.123 e. The molecule has 1 atom stereocenters. The minimum absolute atomic E-state index is 0. The molecule has 2 fully saturated rings. The second kappa shape index (κ2) is 20.0. The predicted molar refractivity (Wildman–Crippen MR) is 193 cm³/mol. The molecule has 2 heterocycles. The minimum Gasteiger partial charge on any atom is -0.496 e. The van der Waals surface area contributed by atoms with Crippen LogP contribution in [0.15, 0.2) is 60.7 Å². The zero-order valence-electron chi connectivity index (χ0n) is 26.3. The highest BCUT2D eigenvalue weighted by Crippen LogP contribution is 2.30. The Labute approximate surface area is 289 Å². The van der Waals surface area contributed by atoms with Crippen LogP contribution in [0.5, 0.6) is 5.75 Å². The Kier molecular flexibility index (Phi) is 18.5. The van der Waals surface area contributed by atoms with Gasteiger partial charge in [-0.15, -0.1) is 49.6 Å². The molecule has 5 rings (SSSR count). The number of benzene rings is 3. The number of unbranched alkanes of at least 4 members (excludes halogenated alkanes) is 1. The van der Waals surface area contributed by atoms with E-state index in [4.69, 9.17) is 4.74 Å². The Morgan fingerprint density at radius 1 is 0.705 bits per heavy atom. The third-order valence-corrected chi connectivity index (χ3v) is 9.04. The van der Waals surface area contributed by atoms with Gasteiger partial charge in [0.1, 0.15) is 11.6 Å². The standard InChI is InChI=1S/C34H47FN4O.4ClH/c1-27(2)38-22-24-39(25-23-38)33(29-11-14-30(35)15-12-29)26-37-20-18-36(19-21-37)17-7-6-10-32-31-9-5-4-8-28(31)13-16-34(32)40-3;;;;/h4-5,8-9,11-16,27,33H,6-7,10,17-26H2,1-3H3;4*1H. The molecule has 1 unspecified atom stereocenters. The highest BCUT2D eigenvalue weighted by molar-refractivity contribution is 5.88. The van der Waals surface area contributed by atoms with Crippen LogP contribution in [0.4, 0.5) is 4.39 Å². The van der Waals surface area contributed by atoms with Crippen LogP contribution in [-0.4, -0.2) is 98.2 Å². The highest BCUT2D eigenvalue weighted by Gasteiger charge is 2.29. The number of hydrogen-bond acceptors (Lipinski definition) is 5. The van der Waals surface area contributed by atoms with Crippen molar-refractivity contribution in [3.63, 3.8) is 0 Å². The molecule has 3 aromatic carbocycles. The average Bonchev–Trinajstić information content (AvgIpc) is 2.99. The Balaban J connectivity index is 0.00000242. The number of rotatable bonds is 11. The van der Waals surface area contributed by atoms with E-state index >= 15 is 0 Å². The van der Waals surface area contributed by atoms with Gasteiger partial charge in [-0.05, 0) is 74.2 Å². The molecule has 0 spiro atoms. The SMILES string of the molecule is COc1ccc2ccccc2c1CCCCN1CCN(CC(c2ccc(F)cc2)N2CCN(C(C)C)CC2)CC1.Cl.Cl.Cl.Cl. The second-order valence-corrected chi connectivity index (χ2v) is 11.8. The van der Waals surface area contributed by atoms with Gasteiger partial charge in [-0.2, -0.15) is 0 Å². The Bertz CT molecular complexity index is 1220. The molecular weight excluding hydrogens is 641 g/mol. The van der Waals surface area contributed by atoms with Gasteiger partial charge in [0, 0.05) is 76.5 Å². The van der Waals surface area contributed by atoms with Crippen LogP contribution in [0.3, 0.4) is 0 Å². The van der Waals surface area contributed by atoms with Crippen molar-refractivity contribution in [1.82, 2.24) is 19.6 Å². The summed E-state index contributed by atoms with van der Waals surface area (Å²) < 4.78 is 19.4. The lowest BCUT2D eigenvalue weighted by Crippen LogP contribution is -2.53. The van der Waals surface area contributed by atoms with E-state index in [1.165, 1.54) is 34.7 Å². The lowest BCUT2D eigenvalue weighted by atomic mass is 9.99. The van der Waals surface area contributed by atoms with Gasteiger partial charge in [0.05, 0.1) is 7.11 Å². The van der Waals surface area contributed by atoms with E-state index in [9.17, 15) is 4.39 Å². The summed E-state index contributed by atoms with van der Waals surface area (Å²) in [6, 6.07) is 21.0. The molecule has 0 bridgehead atoms. The molecule has 2 aliphatic rings. The topological polar surface area (TPSA) is 22.2 Å². The molecule has 0 saturated carbocycles. The molecule has 0 radical (unpaired) electrons. The quantitative estimate of drug-likeness (QED) is 0.195. The van der Waals surface area contributed by atoms with E-state index in [1.807, 2.05) is 12.1 Å². The van der Waals surface area contributed by atoms with E-state index in [1.54, 1.807) is 19.2 Å². The summed E-state index contributed by atoms with van der Waals surface area (Å²) in [5.74, 6) is 0.855. The fraction of sp³-hybridized carbons (Fsp3) is 0.529. The Morgan fingerprint density at radius 2 is 1.32 bits per heavy atom. The molecule has 44 heavy (non-hydrogen) atoms. The fourth-order valence-corrected chi connectivity index (χ4v) is 6.52. The number of halogens is 5. The van der Waals surface area contributed by atoms with Gasteiger partial charge >= 0.3 is 0 Å². The molecule has 2 saturated heterocycles. The highest BCUT2D eigenvalue weighted by atomic mass is 35.5. The molecule has 3 aromatic rings. The molecule has 0 N–H and O–H groups in total. The van der Waals surface area contributed by atoms with E-state index < -0.39 is 0 Å². The van der Waals surface area contributed by atoms with Crippen LogP contribution in [0, 0.1) is 5.82 Å². The van der Waals surface area contributed by atoms with Gasteiger partial charge in [0.2, 0.25) is 0 Å². The van der Waals surface area contributed by atoms with Crippen molar-refractivity contribution in [3.05, 3.63) is 77.6 Å². The third kappa shape index (κ3) is 10.6. The molecule has 10 heteroatoms. The number of fused-ring (bicyclic) bond motifs is 1. The average molecular weight is 693 g/mol. The number of hydrogen-bond donors (Lipinski definition) is 0. The second-order valence-electron chi connectivity index (χ2n) is 11.8. The van der Waals surface area contributed by atoms with Crippen molar-refractivity contribution < 1.29 is 9.13 Å². The minimum atomic E-state index is -0.153. The van der Waals surface area contributed by atoms with Crippen LogP contribution in [-0.2, 0) is 6.42 Å². The lowest BCUT2D eigenvalue weighted by Gasteiger charge is -2.43. The van der Waals surface area contributed by atoms with Crippen molar-refractivity contribution in [2.24, 2.45) is 0 Å². The van der Waals surface area contributed by atoms with Crippen LogP contribution >= 0.6 is 49.6 Å². The normalized spacial score (nSPS) is 17.2. The van der Waals surface area contributed by atoms with Crippen molar-refractivity contribution in [3.8, 4) is 5.75 Å². The van der Waals surface area contributed by atoms with Gasteiger partial charge in [0.25, 0.3) is 0 Å². The predicted octanol–water partition coefficient (Wildman–Crippen LogP) is 7.38. The maximum atomic E-state index is 13.7. The summed E-state index contributed by atoms with van der Waals surface area (Å²) in [7, 11) is 1.78. The third-order valence-electron chi connectivity index (χ3n) is 9.04. The van der Waals surface area contributed by atoms with Crippen LogP contribution in [0.2, 0.25) is 0 Å². The number of ether oxygens (including phenoxy) is 1. The van der Waals surface area contributed by atoms with Crippen LogP contribution in [0.25, 0.3) is 10.8 Å². The number of aryl methyl sites for hydroxylation is 1. The van der Waals surface area contributed by atoms with Crippen molar-refractivity contribution in [2.45, 2.75) is 45.2 Å². The molecule has 0 aliphatic carbocycles. The largest absolute Gasteiger partial charge is 0.496 e.